The fourth-order valence-corrected chi connectivity index (χ4v) is 1.64. The molecule has 0 atom stereocenters. The van der Waals surface area contributed by atoms with Gasteiger partial charge in [0.1, 0.15) is 22.8 Å². The third-order valence-corrected chi connectivity index (χ3v) is 2.58. The van der Waals surface area contributed by atoms with Gasteiger partial charge in [0.2, 0.25) is 0 Å². The molecule has 0 aliphatic rings. The Morgan fingerprint density at radius 3 is 2.65 bits per heavy atom. The predicted molar refractivity (Wildman–Crippen MR) is 71.0 cm³/mol. The summed E-state index contributed by atoms with van der Waals surface area (Å²) in [5.41, 5.74) is 6.02. The number of aromatic carboxylic acids is 1. The minimum Gasteiger partial charge on any atom is -0.478 e. The van der Waals surface area contributed by atoms with Gasteiger partial charge in [0.05, 0.1) is 0 Å². The maximum Gasteiger partial charge on any atom is 0.339 e. The van der Waals surface area contributed by atoms with E-state index in [0.717, 1.165) is 5.56 Å². The summed E-state index contributed by atoms with van der Waals surface area (Å²) in [6.07, 6.45) is 1.37. The van der Waals surface area contributed by atoms with Crippen molar-refractivity contribution in [3.05, 3.63) is 53.3 Å². The van der Waals surface area contributed by atoms with Crippen LogP contribution in [0.5, 0.6) is 11.5 Å². The van der Waals surface area contributed by atoms with Gasteiger partial charge < -0.3 is 15.6 Å². The molecule has 20 heavy (non-hydrogen) atoms. The number of nitrogens with two attached hydrogens (primary N) is 1. The minimum absolute atomic E-state index is 0.0439. The van der Waals surface area contributed by atoms with Crippen LogP contribution < -0.4 is 10.5 Å². The molecule has 2 rings (SSSR count). The number of aromatic nitrogens is 1. The summed E-state index contributed by atoms with van der Waals surface area (Å²) in [6.45, 7) is 1.79. The number of primary amides is 1. The standard InChI is InChI=1S/C14H12N2O4/c1-8-2-3-12(10(6-8)14(18)19)20-9-4-5-16-11(7-9)13(15)17/h2-7H,1H3,(H2,15,17)(H,18,19). The van der Waals surface area contributed by atoms with Crippen LogP contribution in [0.3, 0.4) is 0 Å². The zero-order valence-corrected chi connectivity index (χ0v) is 10.7. The number of benzene rings is 1. The van der Waals surface area contributed by atoms with Crippen LogP contribution in [0.1, 0.15) is 26.4 Å². The minimum atomic E-state index is -1.09. The summed E-state index contributed by atoms with van der Waals surface area (Å²) in [6, 6.07) is 7.67. The topological polar surface area (TPSA) is 103 Å². The molecule has 1 aromatic heterocycles. The van der Waals surface area contributed by atoms with Crippen LogP contribution in [0, 0.1) is 6.92 Å². The summed E-state index contributed by atoms with van der Waals surface area (Å²) in [7, 11) is 0. The molecule has 102 valence electrons. The van der Waals surface area contributed by atoms with Gasteiger partial charge in [0.25, 0.3) is 5.91 Å². The molecule has 0 saturated heterocycles. The van der Waals surface area contributed by atoms with Gasteiger partial charge in [0.15, 0.2) is 0 Å². The molecule has 6 nitrogen and oxygen atoms in total. The molecule has 0 bridgehead atoms. The molecule has 2 aromatic rings. The van der Waals surface area contributed by atoms with E-state index >= 15 is 0 Å². The Kier molecular flexibility index (Phi) is 3.65. The normalized spacial score (nSPS) is 10.1. The van der Waals surface area contributed by atoms with E-state index in [4.69, 9.17) is 15.6 Å². The Balaban J connectivity index is 2.37. The maximum atomic E-state index is 11.2. The number of pyridine rings is 1. The van der Waals surface area contributed by atoms with Crippen LogP contribution in [0.4, 0.5) is 0 Å². The summed E-state index contributed by atoms with van der Waals surface area (Å²) < 4.78 is 5.49. The number of hydrogen-bond donors (Lipinski definition) is 2. The summed E-state index contributed by atoms with van der Waals surface area (Å²) in [5, 5.41) is 9.14. The lowest BCUT2D eigenvalue weighted by Crippen LogP contribution is -2.12. The highest BCUT2D eigenvalue weighted by Crippen LogP contribution is 2.26. The monoisotopic (exact) mass is 272 g/mol. The third kappa shape index (κ3) is 2.92. The number of amides is 1. The highest BCUT2D eigenvalue weighted by molar-refractivity contribution is 5.92. The average Bonchev–Trinajstić information content (AvgIpc) is 2.41. The van der Waals surface area contributed by atoms with E-state index in [-0.39, 0.29) is 17.0 Å². The van der Waals surface area contributed by atoms with Crippen molar-refractivity contribution >= 4 is 11.9 Å². The number of aryl methyl sites for hydroxylation is 1. The van der Waals surface area contributed by atoms with Gasteiger partial charge in [-0.25, -0.2) is 4.79 Å². The lowest BCUT2D eigenvalue weighted by atomic mass is 10.1. The van der Waals surface area contributed by atoms with E-state index < -0.39 is 11.9 Å². The lowest BCUT2D eigenvalue weighted by molar-refractivity contribution is 0.0693. The second-order valence-corrected chi connectivity index (χ2v) is 4.15. The fourth-order valence-electron chi connectivity index (χ4n) is 1.64. The molecule has 0 saturated carbocycles. The highest BCUT2D eigenvalue weighted by atomic mass is 16.5. The third-order valence-electron chi connectivity index (χ3n) is 2.58. The Hall–Kier alpha value is -2.89. The number of carbonyl (C=O) groups is 2. The van der Waals surface area contributed by atoms with Gasteiger partial charge in [-0.2, -0.15) is 0 Å². The van der Waals surface area contributed by atoms with Crippen LogP contribution >= 0.6 is 0 Å². The van der Waals surface area contributed by atoms with Gasteiger partial charge in [-0.15, -0.1) is 0 Å². The Labute approximate surface area is 114 Å². The molecule has 0 fully saturated rings. The SMILES string of the molecule is Cc1ccc(Oc2ccnc(C(N)=O)c2)c(C(=O)O)c1. The van der Waals surface area contributed by atoms with E-state index in [2.05, 4.69) is 4.98 Å². The van der Waals surface area contributed by atoms with E-state index in [1.54, 1.807) is 19.1 Å². The van der Waals surface area contributed by atoms with Gasteiger partial charge in [-0.05, 0) is 25.1 Å². The van der Waals surface area contributed by atoms with Crippen molar-refractivity contribution in [1.82, 2.24) is 4.98 Å². The molecule has 0 radical (unpaired) electrons. The molecule has 1 aromatic carbocycles. The second kappa shape index (κ2) is 5.40. The van der Waals surface area contributed by atoms with Gasteiger partial charge in [-0.1, -0.05) is 11.6 Å². The van der Waals surface area contributed by atoms with Crippen LogP contribution in [0.15, 0.2) is 36.5 Å². The zero-order chi connectivity index (χ0) is 14.7. The van der Waals surface area contributed by atoms with E-state index in [0.29, 0.717) is 5.75 Å². The lowest BCUT2D eigenvalue weighted by Gasteiger charge is -2.09. The van der Waals surface area contributed by atoms with Crippen molar-refractivity contribution in [2.24, 2.45) is 5.73 Å². The second-order valence-electron chi connectivity index (χ2n) is 4.15. The number of hydrogen-bond acceptors (Lipinski definition) is 4. The van der Waals surface area contributed by atoms with Crippen LogP contribution in [-0.2, 0) is 0 Å². The van der Waals surface area contributed by atoms with Crippen molar-refractivity contribution < 1.29 is 19.4 Å². The van der Waals surface area contributed by atoms with Crippen molar-refractivity contribution in [2.75, 3.05) is 0 Å². The smallest absolute Gasteiger partial charge is 0.339 e. The number of carboxylic acid groups (broad SMARTS) is 1. The number of carboxylic acids is 1. The molecule has 0 aliphatic heterocycles. The molecular formula is C14H12N2O4. The number of carbonyl (C=O) groups excluding carboxylic acids is 1. The van der Waals surface area contributed by atoms with Gasteiger partial charge in [0, 0.05) is 12.3 Å². The van der Waals surface area contributed by atoms with Gasteiger partial charge in [-0.3, -0.25) is 9.78 Å². The zero-order valence-electron chi connectivity index (χ0n) is 10.7. The Bertz CT molecular complexity index is 683. The predicted octanol–water partition coefficient (Wildman–Crippen LogP) is 1.98. The molecule has 0 unspecified atom stereocenters. The first-order valence-electron chi connectivity index (χ1n) is 5.75. The Morgan fingerprint density at radius 2 is 2.00 bits per heavy atom. The number of rotatable bonds is 4. The molecule has 0 aliphatic carbocycles. The van der Waals surface area contributed by atoms with Crippen LogP contribution in [0.25, 0.3) is 0 Å². The van der Waals surface area contributed by atoms with Crippen molar-refractivity contribution in [1.29, 1.82) is 0 Å². The van der Waals surface area contributed by atoms with Crippen molar-refractivity contribution in [2.45, 2.75) is 6.92 Å². The molecule has 3 N–H and O–H groups in total. The van der Waals surface area contributed by atoms with E-state index in [1.165, 1.54) is 24.4 Å². The molecular weight excluding hydrogens is 260 g/mol. The first-order valence-corrected chi connectivity index (χ1v) is 5.75. The molecule has 1 heterocycles. The molecule has 1 amide bonds. The number of ether oxygens (including phenoxy) is 1. The summed E-state index contributed by atoms with van der Waals surface area (Å²) in [4.78, 5) is 26.0. The van der Waals surface area contributed by atoms with Gasteiger partial charge >= 0.3 is 5.97 Å². The van der Waals surface area contributed by atoms with Crippen molar-refractivity contribution in [3.8, 4) is 11.5 Å². The first-order chi connectivity index (χ1) is 9.47. The first kappa shape index (κ1) is 13.5. The summed E-state index contributed by atoms with van der Waals surface area (Å²) in [5.74, 6) is -1.30. The van der Waals surface area contributed by atoms with E-state index in [9.17, 15) is 9.59 Å². The van der Waals surface area contributed by atoms with Crippen molar-refractivity contribution in [3.63, 3.8) is 0 Å². The maximum absolute atomic E-state index is 11.2. The van der Waals surface area contributed by atoms with Crippen LogP contribution in [-0.4, -0.2) is 22.0 Å². The van der Waals surface area contributed by atoms with Crippen LogP contribution in [0.2, 0.25) is 0 Å². The fraction of sp³-hybridized carbons (Fsp3) is 0.0714. The number of nitrogens with zero attached hydrogens (tertiary/aromatic N) is 1. The quantitative estimate of drug-likeness (QED) is 0.885. The highest BCUT2D eigenvalue weighted by Gasteiger charge is 2.13. The molecule has 0 spiro atoms. The average molecular weight is 272 g/mol. The van der Waals surface area contributed by atoms with E-state index in [1.807, 2.05) is 0 Å². The largest absolute Gasteiger partial charge is 0.478 e. The Morgan fingerprint density at radius 1 is 1.25 bits per heavy atom. The molecule has 6 heteroatoms. The summed E-state index contributed by atoms with van der Waals surface area (Å²) >= 11 is 0.